The third-order valence-corrected chi connectivity index (χ3v) is 10.2. The van der Waals surface area contributed by atoms with E-state index in [0.717, 1.165) is 34.9 Å². The van der Waals surface area contributed by atoms with Gasteiger partial charge in [0.25, 0.3) is 5.56 Å². The average Bonchev–Trinajstić information content (AvgIpc) is 3.46. The van der Waals surface area contributed by atoms with Gasteiger partial charge in [-0.25, -0.2) is 9.18 Å². The minimum absolute atomic E-state index is 0.0753. The van der Waals surface area contributed by atoms with E-state index in [-0.39, 0.29) is 19.5 Å². The van der Waals surface area contributed by atoms with Gasteiger partial charge in [0.15, 0.2) is 0 Å². The molecule has 0 amide bonds. The van der Waals surface area contributed by atoms with E-state index in [1.165, 1.54) is 10.1 Å². The van der Waals surface area contributed by atoms with Crippen LogP contribution in [0.1, 0.15) is 71.7 Å². The lowest BCUT2D eigenvalue weighted by Gasteiger charge is -2.40. The van der Waals surface area contributed by atoms with Crippen LogP contribution in [0.4, 0.5) is 17.6 Å². The van der Waals surface area contributed by atoms with Crippen molar-refractivity contribution in [1.82, 2.24) is 19.4 Å². The van der Waals surface area contributed by atoms with Crippen LogP contribution in [0, 0.1) is 5.82 Å². The number of aromatic nitrogens is 2. The zero-order valence-electron chi connectivity index (χ0n) is 27.6. The van der Waals surface area contributed by atoms with E-state index in [0.29, 0.717) is 56.5 Å². The third-order valence-electron chi connectivity index (χ3n) is 10.2. The Morgan fingerprint density at radius 1 is 0.880 bits per heavy atom. The van der Waals surface area contributed by atoms with Crippen LogP contribution in [0.5, 0.6) is 0 Å². The zero-order valence-corrected chi connectivity index (χ0v) is 27.6. The van der Waals surface area contributed by atoms with Crippen molar-refractivity contribution in [2.24, 2.45) is 0 Å². The van der Waals surface area contributed by atoms with Gasteiger partial charge >= 0.3 is 17.8 Å². The second-order valence-corrected chi connectivity index (χ2v) is 13.3. The van der Waals surface area contributed by atoms with E-state index in [1.807, 2.05) is 36.4 Å². The Hall–Kier alpha value is -4.55. The minimum Gasteiger partial charge on any atom is -0.481 e. The maximum Gasteiger partial charge on any atom is 0.416 e. The molecule has 3 aromatic carbocycles. The van der Waals surface area contributed by atoms with Crippen molar-refractivity contribution >= 4 is 5.97 Å². The molecule has 8 nitrogen and oxygen atoms in total. The zero-order chi connectivity index (χ0) is 35.5. The molecule has 4 aromatic rings. The second-order valence-electron chi connectivity index (χ2n) is 13.3. The quantitative estimate of drug-likeness (QED) is 0.142. The maximum atomic E-state index is 15.2. The van der Waals surface area contributed by atoms with Crippen molar-refractivity contribution in [2.75, 3.05) is 19.6 Å². The Morgan fingerprint density at radius 2 is 1.56 bits per heavy atom. The first-order chi connectivity index (χ1) is 24.0. The molecule has 0 bridgehead atoms. The summed E-state index contributed by atoms with van der Waals surface area (Å²) >= 11 is 0. The van der Waals surface area contributed by atoms with E-state index in [1.54, 1.807) is 12.1 Å². The molecule has 1 aromatic heterocycles. The van der Waals surface area contributed by atoms with Crippen LogP contribution >= 0.6 is 0 Å². The molecular weight excluding hydrogens is 652 g/mol. The highest BCUT2D eigenvalue weighted by atomic mass is 19.4. The van der Waals surface area contributed by atoms with Gasteiger partial charge in [-0.3, -0.25) is 23.6 Å². The molecule has 6 rings (SSSR count). The SMILES string of the molecule is O=C(O)CCCN[C@@H](Cn1c(=O)c2c(n(Cc3c(F)cccc3C(F)(F)F)c1=O)CCC21CCN(Cc2ccccc2)CC1)c1ccccc1. The van der Waals surface area contributed by atoms with Gasteiger partial charge < -0.3 is 10.4 Å². The molecule has 0 unspecified atom stereocenters. The van der Waals surface area contributed by atoms with Crippen molar-refractivity contribution < 1.29 is 27.5 Å². The van der Waals surface area contributed by atoms with Crippen molar-refractivity contribution in [3.63, 3.8) is 0 Å². The van der Waals surface area contributed by atoms with Gasteiger partial charge in [0.05, 0.1) is 24.7 Å². The lowest BCUT2D eigenvalue weighted by atomic mass is 9.74. The lowest BCUT2D eigenvalue weighted by Crippen LogP contribution is -2.49. The summed E-state index contributed by atoms with van der Waals surface area (Å²) < 4.78 is 59.9. The first-order valence-electron chi connectivity index (χ1n) is 16.9. The van der Waals surface area contributed by atoms with Gasteiger partial charge in [0, 0.05) is 35.2 Å². The van der Waals surface area contributed by atoms with E-state index >= 15 is 4.39 Å². The first-order valence-corrected chi connectivity index (χ1v) is 16.9. The van der Waals surface area contributed by atoms with Crippen LogP contribution in [0.2, 0.25) is 0 Å². The summed E-state index contributed by atoms with van der Waals surface area (Å²) in [4.78, 5) is 42.4. The molecule has 0 saturated carbocycles. The number of fused-ring (bicyclic) bond motifs is 2. The molecule has 1 atom stereocenters. The number of halogens is 4. The van der Waals surface area contributed by atoms with Crippen LogP contribution in [-0.2, 0) is 42.4 Å². The van der Waals surface area contributed by atoms with Crippen LogP contribution in [0.25, 0.3) is 0 Å². The smallest absolute Gasteiger partial charge is 0.416 e. The van der Waals surface area contributed by atoms with Crippen LogP contribution in [0.3, 0.4) is 0 Å². The van der Waals surface area contributed by atoms with Crippen LogP contribution in [0.15, 0.2) is 88.5 Å². The monoisotopic (exact) mass is 692 g/mol. The summed E-state index contributed by atoms with van der Waals surface area (Å²) in [6.07, 6.45) is -2.51. The highest BCUT2D eigenvalue weighted by Crippen LogP contribution is 2.45. The Morgan fingerprint density at radius 3 is 2.22 bits per heavy atom. The Kier molecular flexibility index (Phi) is 10.4. The van der Waals surface area contributed by atoms with E-state index in [9.17, 15) is 27.6 Å². The summed E-state index contributed by atoms with van der Waals surface area (Å²) in [6.45, 7) is 1.58. The fourth-order valence-electron chi connectivity index (χ4n) is 7.64. The molecule has 1 fully saturated rings. The van der Waals surface area contributed by atoms with Crippen molar-refractivity contribution in [2.45, 2.75) is 75.8 Å². The number of aliphatic carboxylic acids is 1. The third kappa shape index (κ3) is 7.46. The van der Waals surface area contributed by atoms with Gasteiger partial charge in [0.1, 0.15) is 5.82 Å². The van der Waals surface area contributed by atoms with Crippen molar-refractivity contribution in [1.29, 1.82) is 0 Å². The van der Waals surface area contributed by atoms with Gasteiger partial charge in [-0.05, 0) is 75.0 Å². The molecule has 12 heteroatoms. The van der Waals surface area contributed by atoms with Crippen molar-refractivity contribution in [3.8, 4) is 0 Å². The van der Waals surface area contributed by atoms with Gasteiger partial charge in [-0.1, -0.05) is 66.7 Å². The number of likely N-dealkylation sites (tertiary alicyclic amines) is 1. The summed E-state index contributed by atoms with van der Waals surface area (Å²) in [6, 6.07) is 21.3. The molecule has 0 radical (unpaired) electrons. The molecule has 1 saturated heterocycles. The fraction of sp³-hybridized carbons (Fsp3) is 0.395. The number of hydrogen-bond donors (Lipinski definition) is 2. The van der Waals surface area contributed by atoms with E-state index in [2.05, 4.69) is 22.3 Å². The highest BCUT2D eigenvalue weighted by molar-refractivity contribution is 5.66. The number of nitrogens with zero attached hydrogens (tertiary/aromatic N) is 3. The Labute approximate surface area is 287 Å². The number of hydrogen-bond acceptors (Lipinski definition) is 5. The number of rotatable bonds is 12. The fourth-order valence-corrected chi connectivity index (χ4v) is 7.64. The van der Waals surface area contributed by atoms with Crippen LogP contribution in [-0.4, -0.2) is 44.7 Å². The molecule has 1 aliphatic heterocycles. The number of carboxylic acids is 1. The van der Waals surface area contributed by atoms with Gasteiger partial charge in [0.2, 0.25) is 0 Å². The normalized spacial score (nSPS) is 16.4. The summed E-state index contributed by atoms with van der Waals surface area (Å²) in [5.74, 6) is -2.03. The number of nitrogens with one attached hydrogen (secondary N) is 1. The molecule has 1 spiro atoms. The molecule has 264 valence electrons. The molecule has 2 N–H and O–H groups in total. The predicted octanol–water partition coefficient (Wildman–Crippen LogP) is 5.89. The number of benzene rings is 3. The number of piperidine rings is 1. The van der Waals surface area contributed by atoms with Gasteiger partial charge in [-0.2, -0.15) is 13.2 Å². The topological polar surface area (TPSA) is 96.6 Å². The molecule has 2 aliphatic rings. The first kappa shape index (κ1) is 35.3. The molecule has 2 heterocycles. The molecular formula is C38H40F4N4O4. The number of carboxylic acid groups (broad SMARTS) is 1. The van der Waals surface area contributed by atoms with E-state index < -0.39 is 58.3 Å². The van der Waals surface area contributed by atoms with Gasteiger partial charge in [-0.15, -0.1) is 0 Å². The summed E-state index contributed by atoms with van der Waals surface area (Å²) in [5.41, 5.74) is -0.979. The maximum absolute atomic E-state index is 15.2. The Bertz CT molecular complexity index is 1930. The average molecular weight is 693 g/mol. The van der Waals surface area contributed by atoms with Crippen molar-refractivity contribution in [3.05, 3.63) is 139 Å². The molecule has 50 heavy (non-hydrogen) atoms. The number of carbonyl (C=O) groups is 1. The lowest BCUT2D eigenvalue weighted by molar-refractivity contribution is -0.138. The van der Waals surface area contributed by atoms with E-state index in [4.69, 9.17) is 5.11 Å². The van der Waals surface area contributed by atoms with Crippen LogP contribution < -0.4 is 16.6 Å². The largest absolute Gasteiger partial charge is 0.481 e. The Balaban J connectivity index is 1.42. The second kappa shape index (κ2) is 14.7. The number of alkyl halides is 3. The predicted molar refractivity (Wildman–Crippen MR) is 180 cm³/mol. The minimum atomic E-state index is -4.86. The summed E-state index contributed by atoms with van der Waals surface area (Å²) in [7, 11) is 0. The molecule has 1 aliphatic carbocycles. The highest BCUT2D eigenvalue weighted by Gasteiger charge is 2.46. The summed E-state index contributed by atoms with van der Waals surface area (Å²) in [5, 5.41) is 12.4. The standard InChI is InChI=1S/C38H40F4N4O4/c39-30-14-7-13-29(38(40,41)42)28(30)24-45-32-16-17-37(18-21-44(22-19-37)23-26-9-3-1-4-10-26)34(32)35(49)46(36(45)50)25-31(27-11-5-2-6-12-27)43-20-8-15-33(47)48/h1-7,9-14,31,43H,8,15-25H2,(H,47,48)/t31-/m0/s1.